The van der Waals surface area contributed by atoms with E-state index in [4.69, 9.17) is 10.5 Å². The van der Waals surface area contributed by atoms with Crippen molar-refractivity contribution in [2.45, 2.75) is 56.8 Å². The van der Waals surface area contributed by atoms with Crippen LogP contribution in [0.15, 0.2) is 30.3 Å². The molecule has 2 aliphatic heterocycles. The summed E-state index contributed by atoms with van der Waals surface area (Å²) in [6, 6.07) is 10.0. The predicted molar refractivity (Wildman–Crippen MR) is 79.2 cm³/mol. The Bertz CT molecular complexity index is 463. The summed E-state index contributed by atoms with van der Waals surface area (Å²) in [5, 5.41) is 11.6. The molecule has 3 rings (SSSR count). The van der Waals surface area contributed by atoms with E-state index < -0.39 is 5.60 Å². The number of fused-ring (bicyclic) bond motifs is 2. The lowest BCUT2D eigenvalue weighted by Gasteiger charge is -2.48. The van der Waals surface area contributed by atoms with Crippen molar-refractivity contribution in [1.29, 1.82) is 0 Å². The zero-order chi connectivity index (χ0) is 14.2. The lowest BCUT2D eigenvalue weighted by molar-refractivity contribution is -0.123. The van der Waals surface area contributed by atoms with Crippen LogP contribution in [0.3, 0.4) is 0 Å². The van der Waals surface area contributed by atoms with Gasteiger partial charge in [0.05, 0.1) is 17.8 Å². The predicted octanol–water partition coefficient (Wildman–Crippen LogP) is 2.57. The second kappa shape index (κ2) is 5.14. The molecule has 1 aromatic carbocycles. The summed E-state index contributed by atoms with van der Waals surface area (Å²) in [6.45, 7) is 2.60. The van der Waals surface area contributed by atoms with Crippen molar-refractivity contribution in [2.24, 2.45) is 11.1 Å². The fourth-order valence-electron chi connectivity index (χ4n) is 4.38. The SMILES string of the molecule is CCCC(O)(c1ccccc1)C1(CN)CC2CCC1O2. The first-order chi connectivity index (χ1) is 9.66. The van der Waals surface area contributed by atoms with Gasteiger partial charge in [0.2, 0.25) is 0 Å². The number of hydrogen-bond acceptors (Lipinski definition) is 3. The third-order valence-electron chi connectivity index (χ3n) is 5.37. The Kier molecular flexibility index (Phi) is 3.61. The first-order valence-electron chi connectivity index (χ1n) is 7.80. The lowest BCUT2D eigenvalue weighted by atomic mass is 9.59. The minimum absolute atomic E-state index is 0.106. The fourth-order valence-corrected chi connectivity index (χ4v) is 4.38. The monoisotopic (exact) mass is 275 g/mol. The molecule has 0 saturated carbocycles. The third-order valence-corrected chi connectivity index (χ3v) is 5.37. The zero-order valence-electron chi connectivity index (χ0n) is 12.2. The second-order valence-corrected chi connectivity index (χ2v) is 6.36. The molecule has 0 aromatic heterocycles. The van der Waals surface area contributed by atoms with E-state index in [0.717, 1.165) is 37.7 Å². The second-order valence-electron chi connectivity index (χ2n) is 6.36. The van der Waals surface area contributed by atoms with Crippen LogP contribution < -0.4 is 5.73 Å². The first-order valence-corrected chi connectivity index (χ1v) is 7.80. The first kappa shape index (κ1) is 14.1. The van der Waals surface area contributed by atoms with E-state index >= 15 is 0 Å². The highest BCUT2D eigenvalue weighted by atomic mass is 16.5. The van der Waals surface area contributed by atoms with Gasteiger partial charge in [-0.3, -0.25) is 0 Å². The molecule has 3 N–H and O–H groups in total. The Morgan fingerprint density at radius 1 is 1.35 bits per heavy atom. The van der Waals surface area contributed by atoms with Crippen molar-refractivity contribution in [3.63, 3.8) is 0 Å². The molecule has 0 amide bonds. The van der Waals surface area contributed by atoms with Gasteiger partial charge in [-0.15, -0.1) is 0 Å². The van der Waals surface area contributed by atoms with Gasteiger partial charge in [-0.05, 0) is 31.2 Å². The zero-order valence-corrected chi connectivity index (χ0v) is 12.2. The van der Waals surface area contributed by atoms with Crippen molar-refractivity contribution in [3.05, 3.63) is 35.9 Å². The van der Waals surface area contributed by atoms with Gasteiger partial charge in [0.15, 0.2) is 0 Å². The standard InChI is InChI=1S/C17H25NO2/c1-2-10-17(19,13-6-4-3-5-7-13)16(12-18)11-14-8-9-15(16)20-14/h3-7,14-15,19H,2,8-12,18H2,1H3. The summed E-state index contributed by atoms with van der Waals surface area (Å²) >= 11 is 0. The molecular weight excluding hydrogens is 250 g/mol. The van der Waals surface area contributed by atoms with Gasteiger partial charge in [-0.25, -0.2) is 0 Å². The Hall–Kier alpha value is -0.900. The van der Waals surface area contributed by atoms with Crippen LogP contribution in [0.5, 0.6) is 0 Å². The van der Waals surface area contributed by atoms with Crippen molar-refractivity contribution in [3.8, 4) is 0 Å². The van der Waals surface area contributed by atoms with E-state index in [1.54, 1.807) is 0 Å². The van der Waals surface area contributed by atoms with Crippen LogP contribution in [-0.2, 0) is 10.3 Å². The van der Waals surface area contributed by atoms with Gasteiger partial charge in [-0.1, -0.05) is 43.7 Å². The molecule has 2 saturated heterocycles. The van der Waals surface area contributed by atoms with Crippen LogP contribution in [-0.4, -0.2) is 23.9 Å². The summed E-state index contributed by atoms with van der Waals surface area (Å²) in [6.07, 6.45) is 5.10. The largest absolute Gasteiger partial charge is 0.384 e. The molecule has 2 aliphatic rings. The molecule has 110 valence electrons. The number of hydrogen-bond donors (Lipinski definition) is 2. The Balaban J connectivity index is 2.05. The van der Waals surface area contributed by atoms with E-state index in [0.29, 0.717) is 6.54 Å². The molecule has 1 aromatic rings. The smallest absolute Gasteiger partial charge is 0.0990 e. The summed E-state index contributed by atoms with van der Waals surface area (Å²) < 4.78 is 6.05. The Labute approximate surface area is 121 Å². The van der Waals surface area contributed by atoms with Crippen molar-refractivity contribution in [2.75, 3.05) is 6.54 Å². The maximum Gasteiger partial charge on any atom is 0.0990 e. The van der Waals surface area contributed by atoms with Gasteiger partial charge in [0.1, 0.15) is 0 Å². The maximum atomic E-state index is 11.6. The van der Waals surface area contributed by atoms with E-state index in [1.807, 2.05) is 30.3 Å². The molecule has 2 bridgehead atoms. The van der Waals surface area contributed by atoms with Crippen molar-refractivity contribution in [1.82, 2.24) is 0 Å². The molecule has 2 heterocycles. The average Bonchev–Trinajstić information content (AvgIpc) is 3.09. The van der Waals surface area contributed by atoms with Crippen LogP contribution in [0.2, 0.25) is 0 Å². The van der Waals surface area contributed by atoms with Crippen molar-refractivity contribution < 1.29 is 9.84 Å². The molecular formula is C17H25NO2. The number of benzene rings is 1. The normalized spacial score (nSPS) is 35.1. The summed E-state index contributed by atoms with van der Waals surface area (Å²) in [7, 11) is 0. The molecule has 0 radical (unpaired) electrons. The molecule has 3 heteroatoms. The quantitative estimate of drug-likeness (QED) is 0.868. The highest BCUT2D eigenvalue weighted by Gasteiger charge is 2.62. The Morgan fingerprint density at radius 3 is 2.60 bits per heavy atom. The van der Waals surface area contributed by atoms with E-state index in [1.165, 1.54) is 0 Å². The lowest BCUT2D eigenvalue weighted by Crippen LogP contribution is -2.55. The molecule has 4 unspecified atom stereocenters. The Morgan fingerprint density at radius 2 is 2.10 bits per heavy atom. The van der Waals surface area contributed by atoms with Crippen LogP contribution in [0.4, 0.5) is 0 Å². The molecule has 20 heavy (non-hydrogen) atoms. The maximum absolute atomic E-state index is 11.6. The van der Waals surface area contributed by atoms with Gasteiger partial charge < -0.3 is 15.6 Å². The summed E-state index contributed by atoms with van der Waals surface area (Å²) in [5.41, 5.74) is 5.95. The number of rotatable bonds is 5. The average molecular weight is 275 g/mol. The van der Waals surface area contributed by atoms with E-state index in [2.05, 4.69) is 6.92 Å². The number of ether oxygens (including phenoxy) is 1. The highest BCUT2D eigenvalue weighted by Crippen LogP contribution is 2.57. The van der Waals surface area contributed by atoms with Crippen LogP contribution >= 0.6 is 0 Å². The molecule has 4 atom stereocenters. The topological polar surface area (TPSA) is 55.5 Å². The van der Waals surface area contributed by atoms with Gasteiger partial charge in [0.25, 0.3) is 0 Å². The van der Waals surface area contributed by atoms with Crippen LogP contribution in [0, 0.1) is 5.41 Å². The van der Waals surface area contributed by atoms with E-state index in [-0.39, 0.29) is 17.6 Å². The van der Waals surface area contributed by atoms with Gasteiger partial charge >= 0.3 is 0 Å². The molecule has 0 spiro atoms. The van der Waals surface area contributed by atoms with Gasteiger partial charge in [-0.2, -0.15) is 0 Å². The molecule has 3 nitrogen and oxygen atoms in total. The van der Waals surface area contributed by atoms with Crippen LogP contribution in [0.25, 0.3) is 0 Å². The minimum atomic E-state index is -0.877. The fraction of sp³-hybridized carbons (Fsp3) is 0.647. The van der Waals surface area contributed by atoms with Crippen molar-refractivity contribution >= 4 is 0 Å². The molecule has 0 aliphatic carbocycles. The number of aliphatic hydroxyl groups is 1. The minimum Gasteiger partial charge on any atom is -0.384 e. The summed E-state index contributed by atoms with van der Waals surface area (Å²) in [4.78, 5) is 0. The highest BCUT2D eigenvalue weighted by molar-refractivity contribution is 5.28. The summed E-state index contributed by atoms with van der Waals surface area (Å²) in [5.74, 6) is 0. The molecule has 2 fully saturated rings. The van der Waals surface area contributed by atoms with E-state index in [9.17, 15) is 5.11 Å². The van der Waals surface area contributed by atoms with Gasteiger partial charge in [0, 0.05) is 12.0 Å². The number of nitrogens with two attached hydrogens (primary N) is 1. The third kappa shape index (κ3) is 1.84. The van der Waals surface area contributed by atoms with Crippen LogP contribution in [0.1, 0.15) is 44.6 Å².